The van der Waals surface area contributed by atoms with Gasteiger partial charge in [-0.25, -0.2) is 0 Å². The van der Waals surface area contributed by atoms with Crippen molar-refractivity contribution >= 4 is 69.0 Å². The molecule has 0 amide bonds. The third kappa shape index (κ3) is 5.82. The molecule has 35 heavy (non-hydrogen) atoms. The summed E-state index contributed by atoms with van der Waals surface area (Å²) in [6, 6.07) is 19.0. The Balaban J connectivity index is 1.90. The summed E-state index contributed by atoms with van der Waals surface area (Å²) in [6.07, 6.45) is 0. The first kappa shape index (κ1) is 25.9. The highest BCUT2D eigenvalue weighted by Crippen LogP contribution is 2.44. The zero-order chi connectivity index (χ0) is 25.1. The Morgan fingerprint density at radius 3 is 2.46 bits per heavy atom. The molecule has 0 radical (unpaired) electrons. The van der Waals surface area contributed by atoms with E-state index < -0.39 is 0 Å². The summed E-state index contributed by atoms with van der Waals surface area (Å²) in [4.78, 5) is 7.77. The zero-order valence-electron chi connectivity index (χ0n) is 19.7. The number of phenols is 1. The van der Waals surface area contributed by atoms with Crippen LogP contribution in [0.5, 0.6) is 5.75 Å². The number of fused-ring (bicyclic) bond motifs is 1. The van der Waals surface area contributed by atoms with Crippen LogP contribution in [0.25, 0.3) is 10.9 Å². The van der Waals surface area contributed by atoms with Crippen LogP contribution in [0.15, 0.2) is 65.6 Å². The van der Waals surface area contributed by atoms with E-state index in [9.17, 15) is 5.11 Å². The molecule has 4 nitrogen and oxygen atoms in total. The third-order valence-corrected chi connectivity index (χ3v) is 8.08. The molecule has 4 aromatic rings. The smallest absolute Gasteiger partial charge is 0.120 e. The second-order valence-corrected chi connectivity index (χ2v) is 10.4. The first-order valence-electron chi connectivity index (χ1n) is 11.3. The van der Waals surface area contributed by atoms with Crippen LogP contribution in [0.2, 0.25) is 15.1 Å². The Labute approximate surface area is 225 Å². The lowest BCUT2D eigenvalue weighted by Crippen LogP contribution is -2.22. The van der Waals surface area contributed by atoms with Gasteiger partial charge in [0.1, 0.15) is 5.75 Å². The molecule has 1 aromatic heterocycles. The van der Waals surface area contributed by atoms with Crippen LogP contribution in [0.3, 0.4) is 0 Å². The monoisotopic (exact) mass is 545 g/mol. The van der Waals surface area contributed by atoms with Gasteiger partial charge in [-0.1, -0.05) is 54.7 Å². The fourth-order valence-corrected chi connectivity index (χ4v) is 5.51. The largest absolute Gasteiger partial charge is 0.508 e. The second-order valence-electron chi connectivity index (χ2n) is 8.16. The number of halogens is 3. The number of benzene rings is 3. The van der Waals surface area contributed by atoms with Crippen molar-refractivity contribution in [2.45, 2.75) is 32.2 Å². The molecule has 3 aromatic carbocycles. The van der Waals surface area contributed by atoms with Crippen molar-refractivity contribution in [3.05, 3.63) is 87.0 Å². The van der Waals surface area contributed by atoms with Crippen molar-refractivity contribution in [3.8, 4) is 5.75 Å². The SMILES string of the molecule is CCN(CC)Cc1cc(N(Sc2cccc(Cl)c2Cl)c2cc(C)nc3cc(Cl)ccc23)ccc1O. The number of hydrogen-bond acceptors (Lipinski definition) is 5. The maximum absolute atomic E-state index is 10.6. The normalized spacial score (nSPS) is 11.4. The first-order valence-corrected chi connectivity index (χ1v) is 13.2. The van der Waals surface area contributed by atoms with Crippen molar-refractivity contribution in [2.24, 2.45) is 0 Å². The first-order chi connectivity index (χ1) is 16.8. The van der Waals surface area contributed by atoms with Crippen LogP contribution in [-0.2, 0) is 6.54 Å². The van der Waals surface area contributed by atoms with E-state index >= 15 is 0 Å². The standard InChI is InChI=1S/C27H26Cl3N3OS/c1-4-32(5-2)16-18-14-20(10-12-25(18)34)33(35-26-8-6-7-22(29)27(26)30)24-13-17(3)31-23-15-19(28)9-11-21(23)24/h6-15,34H,4-5,16H2,1-3H3. The number of aromatic hydroxyl groups is 1. The molecule has 0 aliphatic carbocycles. The van der Waals surface area contributed by atoms with E-state index in [0.717, 1.165) is 51.5 Å². The quantitative estimate of drug-likeness (QED) is 0.223. The van der Waals surface area contributed by atoms with Gasteiger partial charge in [-0.2, -0.15) is 0 Å². The maximum atomic E-state index is 10.6. The van der Waals surface area contributed by atoms with Crippen LogP contribution in [-0.4, -0.2) is 28.1 Å². The molecule has 0 aliphatic heterocycles. The molecule has 1 heterocycles. The molecule has 4 rings (SSSR count). The van der Waals surface area contributed by atoms with E-state index in [0.29, 0.717) is 21.6 Å². The Morgan fingerprint density at radius 1 is 0.943 bits per heavy atom. The summed E-state index contributed by atoms with van der Waals surface area (Å²) in [5.74, 6) is 0.272. The van der Waals surface area contributed by atoms with Crippen molar-refractivity contribution in [1.29, 1.82) is 0 Å². The number of aryl methyl sites for hydroxylation is 1. The van der Waals surface area contributed by atoms with Gasteiger partial charge >= 0.3 is 0 Å². The summed E-state index contributed by atoms with van der Waals surface area (Å²) < 4.78 is 2.10. The summed E-state index contributed by atoms with van der Waals surface area (Å²) in [7, 11) is 0. The molecule has 0 saturated carbocycles. The van der Waals surface area contributed by atoms with Crippen molar-refractivity contribution < 1.29 is 5.11 Å². The Bertz CT molecular complexity index is 1360. The molecular weight excluding hydrogens is 521 g/mol. The minimum atomic E-state index is 0.272. The predicted molar refractivity (Wildman–Crippen MR) is 151 cm³/mol. The Morgan fingerprint density at radius 2 is 1.71 bits per heavy atom. The van der Waals surface area contributed by atoms with Crippen LogP contribution >= 0.6 is 46.8 Å². The number of hydrogen-bond donors (Lipinski definition) is 1. The summed E-state index contributed by atoms with van der Waals surface area (Å²) in [6.45, 7) is 8.63. The van der Waals surface area contributed by atoms with Crippen LogP contribution < -0.4 is 4.31 Å². The fraction of sp³-hybridized carbons (Fsp3) is 0.222. The number of anilines is 2. The highest BCUT2D eigenvalue weighted by atomic mass is 35.5. The third-order valence-electron chi connectivity index (χ3n) is 5.79. The highest BCUT2D eigenvalue weighted by Gasteiger charge is 2.20. The van der Waals surface area contributed by atoms with Crippen LogP contribution in [0, 0.1) is 6.92 Å². The van der Waals surface area contributed by atoms with Crippen molar-refractivity contribution in [3.63, 3.8) is 0 Å². The fourth-order valence-electron chi connectivity index (χ4n) is 3.89. The lowest BCUT2D eigenvalue weighted by atomic mass is 10.1. The van der Waals surface area contributed by atoms with E-state index in [2.05, 4.69) is 23.1 Å². The van der Waals surface area contributed by atoms with Gasteiger partial charge in [-0.15, -0.1) is 0 Å². The van der Waals surface area contributed by atoms with Gasteiger partial charge in [0, 0.05) is 33.1 Å². The van der Waals surface area contributed by atoms with E-state index in [1.54, 1.807) is 12.1 Å². The van der Waals surface area contributed by atoms with Gasteiger partial charge in [0.25, 0.3) is 0 Å². The highest BCUT2D eigenvalue weighted by molar-refractivity contribution is 8.01. The summed E-state index contributed by atoms with van der Waals surface area (Å²) in [5.41, 5.74) is 4.35. The molecule has 0 bridgehead atoms. The minimum Gasteiger partial charge on any atom is -0.508 e. The number of pyridine rings is 1. The van der Waals surface area contributed by atoms with Crippen molar-refractivity contribution in [1.82, 2.24) is 9.88 Å². The van der Waals surface area contributed by atoms with E-state index in [-0.39, 0.29) is 5.75 Å². The van der Waals surface area contributed by atoms with E-state index in [1.165, 1.54) is 11.9 Å². The molecule has 0 fully saturated rings. The molecule has 0 saturated heterocycles. The van der Waals surface area contributed by atoms with Gasteiger partial charge in [0.2, 0.25) is 0 Å². The Hall–Kier alpha value is -2.15. The molecule has 1 N–H and O–H groups in total. The topological polar surface area (TPSA) is 39.6 Å². The summed E-state index contributed by atoms with van der Waals surface area (Å²) >= 11 is 20.7. The zero-order valence-corrected chi connectivity index (χ0v) is 22.8. The lowest BCUT2D eigenvalue weighted by molar-refractivity contribution is 0.291. The van der Waals surface area contributed by atoms with Crippen LogP contribution in [0.4, 0.5) is 11.4 Å². The van der Waals surface area contributed by atoms with E-state index in [1.807, 2.05) is 55.5 Å². The number of rotatable bonds is 8. The molecule has 182 valence electrons. The summed E-state index contributed by atoms with van der Waals surface area (Å²) in [5, 5.41) is 13.2. The minimum absolute atomic E-state index is 0.272. The maximum Gasteiger partial charge on any atom is 0.120 e. The number of aromatic nitrogens is 1. The van der Waals surface area contributed by atoms with Gasteiger partial charge in [0.15, 0.2) is 0 Å². The molecule has 0 atom stereocenters. The van der Waals surface area contributed by atoms with Gasteiger partial charge < -0.3 is 5.11 Å². The average Bonchev–Trinajstić information content (AvgIpc) is 2.84. The van der Waals surface area contributed by atoms with Gasteiger partial charge in [-0.05, 0) is 86.6 Å². The van der Waals surface area contributed by atoms with Crippen molar-refractivity contribution in [2.75, 3.05) is 17.4 Å². The Kier molecular flexibility index (Phi) is 8.35. The van der Waals surface area contributed by atoms with Gasteiger partial charge in [-0.3, -0.25) is 14.2 Å². The molecule has 0 aliphatic rings. The molecule has 0 spiro atoms. The number of nitrogens with zero attached hydrogens (tertiary/aromatic N) is 3. The average molecular weight is 547 g/mol. The second kappa shape index (κ2) is 11.3. The van der Waals surface area contributed by atoms with Gasteiger partial charge in [0.05, 0.1) is 26.9 Å². The van der Waals surface area contributed by atoms with Crippen LogP contribution in [0.1, 0.15) is 25.1 Å². The molecule has 0 unspecified atom stereocenters. The van der Waals surface area contributed by atoms with E-state index in [4.69, 9.17) is 39.8 Å². The molecular formula is C27H26Cl3N3OS. The molecule has 8 heteroatoms. The lowest BCUT2D eigenvalue weighted by Gasteiger charge is -2.27. The number of phenolic OH excluding ortho intramolecular Hbond substituents is 1. The predicted octanol–water partition coefficient (Wildman–Crippen LogP) is 8.90.